The highest BCUT2D eigenvalue weighted by Gasteiger charge is 2.04. The van der Waals surface area contributed by atoms with Gasteiger partial charge in [-0.25, -0.2) is 0 Å². The normalized spacial score (nSPS) is 10.9. The van der Waals surface area contributed by atoms with E-state index in [9.17, 15) is 0 Å². The fraction of sp³-hybridized carbons (Fsp3) is 0.538. The van der Waals surface area contributed by atoms with E-state index in [2.05, 4.69) is 29.2 Å². The quantitative estimate of drug-likeness (QED) is 0.513. The molecule has 0 aromatic heterocycles. The van der Waals surface area contributed by atoms with E-state index in [0.717, 1.165) is 32.8 Å². The number of nitrogens with zero attached hydrogens (tertiary/aromatic N) is 1. The highest BCUT2D eigenvalue weighted by Crippen LogP contribution is 2.04. The average Bonchev–Trinajstić information content (AvgIpc) is 2.31. The van der Waals surface area contributed by atoms with E-state index in [4.69, 9.17) is 16.3 Å². The van der Waals surface area contributed by atoms with Gasteiger partial charge in [-0.05, 0) is 12.5 Å². The van der Waals surface area contributed by atoms with Crippen LogP contribution in [0.25, 0.3) is 0 Å². The van der Waals surface area contributed by atoms with Crippen LogP contribution in [0.5, 0.6) is 0 Å². The van der Waals surface area contributed by atoms with E-state index in [-0.39, 0.29) is 0 Å². The molecule has 0 spiro atoms. The minimum atomic E-state index is 0.666. The van der Waals surface area contributed by atoms with Crippen molar-refractivity contribution in [1.29, 1.82) is 0 Å². The van der Waals surface area contributed by atoms with Gasteiger partial charge in [0.1, 0.15) is 0 Å². The second kappa shape index (κ2) is 8.57. The van der Waals surface area contributed by atoms with Gasteiger partial charge in [0.15, 0.2) is 0 Å². The smallest absolute Gasteiger partial charge is 0.0593 e. The molecule has 0 bridgehead atoms. The third-order valence-electron chi connectivity index (χ3n) is 2.41. The number of ether oxygens (including phenoxy) is 1. The van der Waals surface area contributed by atoms with Crippen molar-refractivity contribution in [2.24, 2.45) is 0 Å². The fourth-order valence-corrected chi connectivity index (χ4v) is 1.81. The Labute approximate surface area is 103 Å². The third kappa shape index (κ3) is 5.50. The van der Waals surface area contributed by atoms with Crippen LogP contribution in [0, 0.1) is 0 Å². The van der Waals surface area contributed by atoms with Crippen molar-refractivity contribution in [3.8, 4) is 0 Å². The average molecular weight is 242 g/mol. The van der Waals surface area contributed by atoms with Crippen molar-refractivity contribution in [3.63, 3.8) is 0 Å². The monoisotopic (exact) mass is 241 g/mol. The van der Waals surface area contributed by atoms with Crippen LogP contribution in [0.4, 0.5) is 0 Å². The van der Waals surface area contributed by atoms with Crippen molar-refractivity contribution in [1.82, 2.24) is 4.90 Å². The molecule has 1 rings (SSSR count). The zero-order valence-electron chi connectivity index (χ0n) is 9.86. The van der Waals surface area contributed by atoms with Gasteiger partial charge in [0.05, 0.1) is 6.61 Å². The Kier molecular flexibility index (Phi) is 7.23. The van der Waals surface area contributed by atoms with Gasteiger partial charge >= 0.3 is 0 Å². The molecule has 0 unspecified atom stereocenters. The van der Waals surface area contributed by atoms with Crippen LogP contribution in [-0.4, -0.2) is 37.1 Å². The molecule has 0 saturated heterocycles. The van der Waals surface area contributed by atoms with Crippen LogP contribution in [-0.2, 0) is 11.3 Å². The number of halogens is 1. The van der Waals surface area contributed by atoms with Gasteiger partial charge in [-0.1, -0.05) is 30.3 Å². The lowest BCUT2D eigenvalue weighted by Gasteiger charge is -2.21. The van der Waals surface area contributed by atoms with E-state index in [0.29, 0.717) is 5.88 Å². The molecular formula is C13H20ClNO. The van der Waals surface area contributed by atoms with Crippen LogP contribution in [0.1, 0.15) is 12.5 Å². The standard InChI is InChI=1S/C13H20ClNO/c1-2-16-11-10-15(9-8-14)12-13-6-4-3-5-7-13/h3-7H,2,8-12H2,1H3. The van der Waals surface area contributed by atoms with Crippen molar-refractivity contribution in [3.05, 3.63) is 35.9 Å². The summed E-state index contributed by atoms with van der Waals surface area (Å²) >= 11 is 5.79. The zero-order chi connectivity index (χ0) is 11.6. The van der Waals surface area contributed by atoms with Gasteiger partial charge in [0.2, 0.25) is 0 Å². The summed E-state index contributed by atoms with van der Waals surface area (Å²) in [7, 11) is 0. The van der Waals surface area contributed by atoms with E-state index >= 15 is 0 Å². The molecule has 1 aromatic carbocycles. The van der Waals surface area contributed by atoms with Gasteiger partial charge in [-0.3, -0.25) is 4.90 Å². The molecule has 0 aliphatic rings. The number of benzene rings is 1. The Balaban J connectivity index is 2.38. The highest BCUT2D eigenvalue weighted by atomic mass is 35.5. The first-order valence-corrected chi connectivity index (χ1v) is 6.30. The Morgan fingerprint density at radius 3 is 2.56 bits per heavy atom. The topological polar surface area (TPSA) is 12.5 Å². The van der Waals surface area contributed by atoms with E-state index in [1.54, 1.807) is 0 Å². The van der Waals surface area contributed by atoms with Gasteiger partial charge < -0.3 is 4.74 Å². The molecule has 1 aromatic rings. The predicted octanol–water partition coefficient (Wildman–Crippen LogP) is 2.76. The minimum Gasteiger partial charge on any atom is -0.380 e. The van der Waals surface area contributed by atoms with Gasteiger partial charge in [0, 0.05) is 32.1 Å². The first-order valence-electron chi connectivity index (χ1n) is 5.76. The summed E-state index contributed by atoms with van der Waals surface area (Å²) in [6, 6.07) is 10.5. The van der Waals surface area contributed by atoms with Crippen LogP contribution in [0.2, 0.25) is 0 Å². The molecule has 0 fully saturated rings. The minimum absolute atomic E-state index is 0.666. The SMILES string of the molecule is CCOCCN(CCCl)Cc1ccccc1. The molecule has 90 valence electrons. The third-order valence-corrected chi connectivity index (χ3v) is 2.57. The molecular weight excluding hydrogens is 222 g/mol. The maximum atomic E-state index is 5.79. The summed E-state index contributed by atoms with van der Waals surface area (Å²) in [5.74, 6) is 0.666. The fourth-order valence-electron chi connectivity index (χ4n) is 1.57. The second-order valence-electron chi connectivity index (χ2n) is 3.65. The number of alkyl halides is 1. The molecule has 0 amide bonds. The molecule has 2 nitrogen and oxygen atoms in total. The first kappa shape index (κ1) is 13.5. The van der Waals surface area contributed by atoms with Gasteiger partial charge in [-0.15, -0.1) is 11.6 Å². The Bertz CT molecular complexity index is 266. The summed E-state index contributed by atoms with van der Waals surface area (Å²) in [5, 5.41) is 0. The molecule has 0 aliphatic heterocycles. The maximum absolute atomic E-state index is 5.79. The summed E-state index contributed by atoms with van der Waals surface area (Å²) in [6.45, 7) is 6.36. The summed E-state index contributed by atoms with van der Waals surface area (Å²) in [4.78, 5) is 2.32. The lowest BCUT2D eigenvalue weighted by Crippen LogP contribution is -2.29. The second-order valence-corrected chi connectivity index (χ2v) is 4.03. The van der Waals surface area contributed by atoms with Crippen molar-refractivity contribution in [2.75, 3.05) is 32.2 Å². The highest BCUT2D eigenvalue weighted by molar-refractivity contribution is 6.18. The summed E-state index contributed by atoms with van der Waals surface area (Å²) < 4.78 is 5.36. The number of rotatable bonds is 8. The first-order chi connectivity index (χ1) is 7.86. The molecule has 0 heterocycles. The maximum Gasteiger partial charge on any atom is 0.0593 e. The predicted molar refractivity (Wildman–Crippen MR) is 68.9 cm³/mol. The molecule has 0 aliphatic carbocycles. The summed E-state index contributed by atoms with van der Waals surface area (Å²) in [5.41, 5.74) is 1.32. The van der Waals surface area contributed by atoms with E-state index in [1.807, 2.05) is 13.0 Å². The molecule has 0 atom stereocenters. The zero-order valence-corrected chi connectivity index (χ0v) is 10.6. The number of hydrogen-bond acceptors (Lipinski definition) is 2. The van der Waals surface area contributed by atoms with Gasteiger partial charge in [0.25, 0.3) is 0 Å². The molecule has 3 heteroatoms. The van der Waals surface area contributed by atoms with Crippen LogP contribution in [0.15, 0.2) is 30.3 Å². The van der Waals surface area contributed by atoms with E-state index in [1.165, 1.54) is 5.56 Å². The lowest BCUT2D eigenvalue weighted by molar-refractivity contribution is 0.113. The lowest BCUT2D eigenvalue weighted by atomic mass is 10.2. The largest absolute Gasteiger partial charge is 0.380 e. The molecule has 0 saturated carbocycles. The van der Waals surface area contributed by atoms with E-state index < -0.39 is 0 Å². The molecule has 0 N–H and O–H groups in total. The molecule has 0 radical (unpaired) electrons. The molecule has 16 heavy (non-hydrogen) atoms. The Morgan fingerprint density at radius 1 is 1.19 bits per heavy atom. The van der Waals surface area contributed by atoms with Crippen molar-refractivity contribution in [2.45, 2.75) is 13.5 Å². The van der Waals surface area contributed by atoms with Crippen LogP contribution in [0.3, 0.4) is 0 Å². The number of hydrogen-bond donors (Lipinski definition) is 0. The van der Waals surface area contributed by atoms with Crippen LogP contribution < -0.4 is 0 Å². The van der Waals surface area contributed by atoms with Crippen LogP contribution >= 0.6 is 11.6 Å². The van der Waals surface area contributed by atoms with Crippen molar-refractivity contribution >= 4 is 11.6 Å². The van der Waals surface area contributed by atoms with Crippen molar-refractivity contribution < 1.29 is 4.74 Å². The van der Waals surface area contributed by atoms with Gasteiger partial charge in [-0.2, -0.15) is 0 Å². The summed E-state index contributed by atoms with van der Waals surface area (Å²) in [6.07, 6.45) is 0. The Morgan fingerprint density at radius 2 is 1.94 bits per heavy atom. The Hall–Kier alpha value is -0.570.